The van der Waals surface area contributed by atoms with Crippen LogP contribution in [-0.2, 0) is 19.0 Å². The van der Waals surface area contributed by atoms with Gasteiger partial charge in [0.25, 0.3) is 0 Å². The van der Waals surface area contributed by atoms with Crippen molar-refractivity contribution in [2.75, 3.05) is 19.8 Å². The van der Waals surface area contributed by atoms with E-state index in [9.17, 15) is 9.90 Å². The largest absolute Gasteiger partial charge is 0.462 e. The van der Waals surface area contributed by atoms with Crippen LogP contribution in [0.2, 0.25) is 0 Å². The summed E-state index contributed by atoms with van der Waals surface area (Å²) in [4.78, 5) is 13.2. The van der Waals surface area contributed by atoms with E-state index in [2.05, 4.69) is 53.5 Å². The average Bonchev–Trinajstić information content (AvgIpc) is 3.89. The topological polar surface area (TPSA) is 65.0 Å². The SMILES string of the molecule is C=C1CCCOC1.C=CC(CC(C)C1CC(CC(=O)OC2CC[C@@H](CCC(CC)CO)C[C@@H]2C)CCC1C)C1CCC(CCC2CCC(=C)C2)O1.CC.CC.CC. The van der Waals surface area contributed by atoms with Crippen LogP contribution in [0.1, 0.15) is 198 Å². The molecule has 2 saturated heterocycles. The van der Waals surface area contributed by atoms with Crippen LogP contribution in [0.3, 0.4) is 0 Å². The Morgan fingerprint density at radius 2 is 1.58 bits per heavy atom. The van der Waals surface area contributed by atoms with Gasteiger partial charge in [-0.2, -0.15) is 0 Å². The van der Waals surface area contributed by atoms with Crippen molar-refractivity contribution >= 4 is 5.97 Å². The second kappa shape index (κ2) is 31.4. The highest BCUT2D eigenvalue weighted by molar-refractivity contribution is 5.70. The molecule has 12 atom stereocenters. The molecule has 0 bridgehead atoms. The lowest BCUT2D eigenvalue weighted by Crippen LogP contribution is -2.34. The van der Waals surface area contributed by atoms with Crippen molar-refractivity contribution in [3.8, 4) is 0 Å². The number of aliphatic hydroxyl groups excluding tert-OH is 1. The maximum absolute atomic E-state index is 13.2. The first-order chi connectivity index (χ1) is 27.6. The number of hydrogen-bond acceptors (Lipinski definition) is 5. The standard InChI is InChI=1S/C40H68O4.C6H10O.3C2H6/c1-7-31(26-41)13-14-33-16-19-38(30(6)22-33)44-40(42)25-34-12-10-28(4)37(24-34)29(5)23-35(8-2)39-20-18-36(43-39)17-15-32-11-9-27(3)21-32;1-6-3-2-4-7-5-6;3*1-2/h8,28-39,41H,2-3,7,9-26H2,1,4-6H3;1-5H2;3*1-2H3/t28?,29?,30-,31?,32?,33+,34?,35?,36?,37?,38?,39?;;;;/m0..../s1. The van der Waals surface area contributed by atoms with Gasteiger partial charge in [0.2, 0.25) is 0 Å². The van der Waals surface area contributed by atoms with Gasteiger partial charge in [-0.25, -0.2) is 0 Å². The lowest BCUT2D eigenvalue weighted by molar-refractivity contribution is -0.155. The Bertz CT molecular complexity index is 1060. The molecule has 57 heavy (non-hydrogen) atoms. The summed E-state index contributed by atoms with van der Waals surface area (Å²) in [5, 5.41) is 9.53. The number of esters is 1. The summed E-state index contributed by atoms with van der Waals surface area (Å²) in [6.45, 7) is 35.6. The van der Waals surface area contributed by atoms with Crippen LogP contribution in [0.4, 0.5) is 0 Å². The zero-order chi connectivity index (χ0) is 42.8. The molecule has 10 unspecified atom stereocenters. The van der Waals surface area contributed by atoms with Gasteiger partial charge in [-0.05, 0) is 150 Å². The zero-order valence-corrected chi connectivity index (χ0v) is 39.5. The van der Waals surface area contributed by atoms with Crippen LogP contribution in [0.25, 0.3) is 0 Å². The van der Waals surface area contributed by atoms with Crippen molar-refractivity contribution < 1.29 is 24.1 Å². The number of hydrogen-bond donors (Lipinski definition) is 1. The molecule has 3 saturated carbocycles. The first-order valence-electron chi connectivity index (χ1n) is 24.6. The fourth-order valence-corrected chi connectivity index (χ4v) is 10.4. The Morgan fingerprint density at radius 1 is 0.860 bits per heavy atom. The minimum atomic E-state index is 0.0360. The van der Waals surface area contributed by atoms with E-state index in [0.717, 1.165) is 70.5 Å². The normalized spacial score (nSPS) is 31.3. The molecule has 5 aliphatic rings. The summed E-state index contributed by atoms with van der Waals surface area (Å²) in [5.74, 6) is 5.28. The number of carbonyl (C=O) groups excluding carboxylic acids is 1. The fourth-order valence-electron chi connectivity index (χ4n) is 10.4. The Balaban J connectivity index is 0.00000109. The predicted octanol–water partition coefficient (Wildman–Crippen LogP) is 14.5. The van der Waals surface area contributed by atoms with Gasteiger partial charge in [0.1, 0.15) is 6.10 Å². The number of ether oxygens (including phenoxy) is 3. The molecule has 0 amide bonds. The summed E-state index contributed by atoms with van der Waals surface area (Å²) in [6.07, 6.45) is 25.9. The molecular weight excluding hydrogens is 705 g/mol. The number of aliphatic hydroxyl groups is 1. The third-order valence-corrected chi connectivity index (χ3v) is 13.9. The average molecular weight is 801 g/mol. The van der Waals surface area contributed by atoms with Crippen LogP contribution in [-0.4, -0.2) is 49.2 Å². The quantitative estimate of drug-likeness (QED) is 0.124. The Kier molecular flexibility index (Phi) is 29.6. The van der Waals surface area contributed by atoms with Gasteiger partial charge < -0.3 is 19.3 Å². The van der Waals surface area contributed by atoms with E-state index < -0.39 is 0 Å². The molecule has 0 radical (unpaired) electrons. The van der Waals surface area contributed by atoms with Crippen molar-refractivity contribution in [2.24, 2.45) is 53.3 Å². The van der Waals surface area contributed by atoms with Gasteiger partial charge in [0, 0.05) is 25.6 Å². The number of rotatable bonds is 16. The highest BCUT2D eigenvalue weighted by Gasteiger charge is 2.37. The molecule has 3 aliphatic carbocycles. The van der Waals surface area contributed by atoms with Gasteiger partial charge in [-0.3, -0.25) is 4.79 Å². The number of carbonyl (C=O) groups is 1. The molecule has 2 heterocycles. The van der Waals surface area contributed by atoms with E-state index in [1.54, 1.807) is 0 Å². The van der Waals surface area contributed by atoms with Gasteiger partial charge in [-0.15, -0.1) is 6.58 Å². The second-order valence-corrected chi connectivity index (χ2v) is 18.1. The van der Waals surface area contributed by atoms with Gasteiger partial charge in [0.05, 0.1) is 18.8 Å². The molecule has 0 aromatic heterocycles. The maximum Gasteiger partial charge on any atom is 0.306 e. The molecule has 0 spiro atoms. The molecule has 0 aromatic carbocycles. The molecule has 5 rings (SSSR count). The second-order valence-electron chi connectivity index (χ2n) is 18.1. The van der Waals surface area contributed by atoms with Gasteiger partial charge in [0.15, 0.2) is 0 Å². The van der Waals surface area contributed by atoms with Gasteiger partial charge in [-0.1, -0.05) is 119 Å². The maximum atomic E-state index is 13.2. The van der Waals surface area contributed by atoms with Crippen molar-refractivity contribution in [1.29, 1.82) is 0 Å². The molecule has 334 valence electrons. The van der Waals surface area contributed by atoms with E-state index in [0.29, 0.717) is 72.6 Å². The van der Waals surface area contributed by atoms with Crippen molar-refractivity contribution in [3.63, 3.8) is 0 Å². The smallest absolute Gasteiger partial charge is 0.306 e. The molecular formula is C52H96O5. The van der Waals surface area contributed by atoms with E-state index in [1.807, 2.05) is 41.5 Å². The van der Waals surface area contributed by atoms with Crippen LogP contribution in [0.15, 0.2) is 37.0 Å². The van der Waals surface area contributed by atoms with Crippen LogP contribution < -0.4 is 0 Å². The highest BCUT2D eigenvalue weighted by Crippen LogP contribution is 2.44. The Morgan fingerprint density at radius 3 is 2.14 bits per heavy atom. The minimum absolute atomic E-state index is 0.0360. The Labute approximate surface area is 355 Å². The van der Waals surface area contributed by atoms with Crippen LogP contribution in [0, 0.1) is 53.3 Å². The zero-order valence-electron chi connectivity index (χ0n) is 39.5. The summed E-state index contributed by atoms with van der Waals surface area (Å²) in [7, 11) is 0. The Hall–Kier alpha value is -1.43. The van der Waals surface area contributed by atoms with Gasteiger partial charge >= 0.3 is 5.97 Å². The lowest BCUT2D eigenvalue weighted by atomic mass is 9.67. The third-order valence-electron chi connectivity index (χ3n) is 13.9. The summed E-state index contributed by atoms with van der Waals surface area (Å²) >= 11 is 0. The van der Waals surface area contributed by atoms with Crippen LogP contribution in [0.5, 0.6) is 0 Å². The van der Waals surface area contributed by atoms with Crippen molar-refractivity contribution in [1.82, 2.24) is 0 Å². The van der Waals surface area contributed by atoms with Crippen molar-refractivity contribution in [3.05, 3.63) is 37.0 Å². The summed E-state index contributed by atoms with van der Waals surface area (Å²) in [6, 6.07) is 0. The molecule has 0 aromatic rings. The van der Waals surface area contributed by atoms with E-state index >= 15 is 0 Å². The number of allylic oxidation sites excluding steroid dienone is 1. The monoisotopic (exact) mass is 801 g/mol. The fraction of sp³-hybridized carbons (Fsp3) is 0.865. The van der Waals surface area contributed by atoms with Crippen molar-refractivity contribution in [2.45, 2.75) is 216 Å². The minimum Gasteiger partial charge on any atom is -0.462 e. The van der Waals surface area contributed by atoms with E-state index in [1.165, 1.54) is 81.8 Å². The first kappa shape index (κ1) is 53.6. The molecule has 2 aliphatic heterocycles. The van der Waals surface area contributed by atoms with E-state index in [4.69, 9.17) is 14.2 Å². The van der Waals surface area contributed by atoms with Crippen LogP contribution >= 0.6 is 0 Å². The highest BCUT2D eigenvalue weighted by atomic mass is 16.5. The summed E-state index contributed by atoms with van der Waals surface area (Å²) < 4.78 is 17.9. The molecule has 5 heteroatoms. The first-order valence-corrected chi connectivity index (χ1v) is 24.6. The third kappa shape index (κ3) is 20.1. The predicted molar refractivity (Wildman–Crippen MR) is 245 cm³/mol. The molecule has 5 fully saturated rings. The van der Waals surface area contributed by atoms with E-state index in [-0.39, 0.29) is 12.1 Å². The molecule has 5 nitrogen and oxygen atoms in total. The lowest BCUT2D eigenvalue weighted by Gasteiger charge is -2.39. The molecule has 1 N–H and O–H groups in total. The summed E-state index contributed by atoms with van der Waals surface area (Å²) in [5.41, 5.74) is 2.69.